The van der Waals surface area contributed by atoms with Gasteiger partial charge in [-0.05, 0) is 88.2 Å². The standard InChI is InChI=1S/C22H21IN2O2S/c1-16(2)18-5-3-17(4-6-18)15-24-20-11-13-22(14-12-20)28(26,27)25-21-9-7-19(23)8-10-21/h3-16,25H,1-2H3. The number of hydrogen-bond acceptors (Lipinski definition) is 3. The second-order valence-electron chi connectivity index (χ2n) is 6.69. The average molecular weight is 504 g/mol. The molecule has 0 aliphatic carbocycles. The molecule has 1 N–H and O–H groups in total. The molecule has 0 atom stereocenters. The molecule has 0 aliphatic heterocycles. The molecule has 144 valence electrons. The summed E-state index contributed by atoms with van der Waals surface area (Å²) in [6.07, 6.45) is 1.78. The van der Waals surface area contributed by atoms with Crippen LogP contribution in [0, 0.1) is 3.57 Å². The van der Waals surface area contributed by atoms with Crippen LogP contribution in [-0.4, -0.2) is 14.6 Å². The Morgan fingerprint density at radius 2 is 1.50 bits per heavy atom. The second kappa shape index (κ2) is 8.87. The van der Waals surface area contributed by atoms with Crippen molar-refractivity contribution in [3.8, 4) is 0 Å². The van der Waals surface area contributed by atoms with E-state index in [1.165, 1.54) is 5.56 Å². The minimum Gasteiger partial charge on any atom is -0.280 e. The average Bonchev–Trinajstić information content (AvgIpc) is 2.68. The molecule has 6 heteroatoms. The number of nitrogens with zero attached hydrogens (tertiary/aromatic N) is 1. The van der Waals surface area contributed by atoms with Gasteiger partial charge in [-0.2, -0.15) is 0 Å². The Morgan fingerprint density at radius 3 is 2.07 bits per heavy atom. The van der Waals surface area contributed by atoms with Crippen molar-refractivity contribution in [3.63, 3.8) is 0 Å². The molecule has 0 saturated carbocycles. The third kappa shape index (κ3) is 5.42. The lowest BCUT2D eigenvalue weighted by Gasteiger charge is -2.08. The number of halogens is 1. The molecule has 0 aliphatic rings. The summed E-state index contributed by atoms with van der Waals surface area (Å²) in [7, 11) is -3.63. The highest BCUT2D eigenvalue weighted by Crippen LogP contribution is 2.21. The van der Waals surface area contributed by atoms with E-state index < -0.39 is 10.0 Å². The molecule has 0 unspecified atom stereocenters. The van der Waals surface area contributed by atoms with Gasteiger partial charge in [0, 0.05) is 15.5 Å². The summed E-state index contributed by atoms with van der Waals surface area (Å²) in [5.74, 6) is 0.494. The van der Waals surface area contributed by atoms with Crippen LogP contribution < -0.4 is 4.72 Å². The van der Waals surface area contributed by atoms with Gasteiger partial charge in [0.05, 0.1) is 10.6 Å². The first-order valence-electron chi connectivity index (χ1n) is 8.86. The predicted molar refractivity (Wildman–Crippen MR) is 124 cm³/mol. The highest BCUT2D eigenvalue weighted by Gasteiger charge is 2.13. The zero-order valence-corrected chi connectivity index (χ0v) is 18.6. The van der Waals surface area contributed by atoms with Crippen LogP contribution in [0.25, 0.3) is 0 Å². The summed E-state index contributed by atoms with van der Waals surface area (Å²) in [6, 6.07) is 21.9. The van der Waals surface area contributed by atoms with Crippen LogP contribution in [0.1, 0.15) is 30.9 Å². The van der Waals surface area contributed by atoms with Crippen LogP contribution in [0.15, 0.2) is 82.7 Å². The normalized spacial score (nSPS) is 11.9. The third-order valence-electron chi connectivity index (χ3n) is 4.21. The summed E-state index contributed by atoms with van der Waals surface area (Å²) in [6.45, 7) is 4.32. The number of nitrogens with one attached hydrogen (secondary N) is 1. The van der Waals surface area contributed by atoms with Gasteiger partial charge < -0.3 is 0 Å². The minimum absolute atomic E-state index is 0.200. The first-order chi connectivity index (χ1) is 13.3. The van der Waals surface area contributed by atoms with E-state index in [1.807, 2.05) is 24.3 Å². The van der Waals surface area contributed by atoms with Crippen molar-refractivity contribution in [1.82, 2.24) is 0 Å². The number of rotatable bonds is 6. The Bertz CT molecular complexity index is 1060. The van der Waals surface area contributed by atoms with E-state index in [0.717, 1.165) is 9.13 Å². The van der Waals surface area contributed by atoms with Crippen molar-refractivity contribution in [2.45, 2.75) is 24.7 Å². The third-order valence-corrected chi connectivity index (χ3v) is 6.33. The number of benzene rings is 3. The molecular weight excluding hydrogens is 483 g/mol. The van der Waals surface area contributed by atoms with Crippen LogP contribution in [0.4, 0.5) is 11.4 Å². The fourth-order valence-electron chi connectivity index (χ4n) is 2.56. The highest BCUT2D eigenvalue weighted by molar-refractivity contribution is 14.1. The van der Waals surface area contributed by atoms with E-state index in [1.54, 1.807) is 42.6 Å². The summed E-state index contributed by atoms with van der Waals surface area (Å²) in [5.41, 5.74) is 3.52. The van der Waals surface area contributed by atoms with Crippen molar-refractivity contribution >= 4 is 50.2 Å². The maximum Gasteiger partial charge on any atom is 0.261 e. The Labute approximate surface area is 179 Å². The largest absolute Gasteiger partial charge is 0.280 e. The van der Waals surface area contributed by atoms with Gasteiger partial charge in [0.15, 0.2) is 0 Å². The molecule has 0 saturated heterocycles. The number of hydrogen-bond donors (Lipinski definition) is 1. The topological polar surface area (TPSA) is 58.5 Å². The maximum absolute atomic E-state index is 12.5. The molecule has 3 aromatic carbocycles. The van der Waals surface area contributed by atoms with Crippen molar-refractivity contribution in [2.75, 3.05) is 4.72 Å². The van der Waals surface area contributed by atoms with Gasteiger partial charge in [-0.25, -0.2) is 8.42 Å². The fourth-order valence-corrected chi connectivity index (χ4v) is 3.98. The van der Waals surface area contributed by atoms with Gasteiger partial charge in [0.1, 0.15) is 0 Å². The van der Waals surface area contributed by atoms with E-state index in [0.29, 0.717) is 17.3 Å². The van der Waals surface area contributed by atoms with E-state index in [2.05, 4.69) is 58.3 Å². The molecule has 3 aromatic rings. The zero-order valence-electron chi connectivity index (χ0n) is 15.6. The van der Waals surface area contributed by atoms with E-state index in [9.17, 15) is 8.42 Å². The molecule has 0 aromatic heterocycles. The molecule has 0 radical (unpaired) electrons. The lowest BCUT2D eigenvalue weighted by Crippen LogP contribution is -2.12. The van der Waals surface area contributed by atoms with Crippen LogP contribution in [-0.2, 0) is 10.0 Å². The SMILES string of the molecule is CC(C)c1ccc(C=Nc2ccc(S(=O)(=O)Nc3ccc(I)cc3)cc2)cc1. The van der Waals surface area contributed by atoms with Crippen LogP contribution >= 0.6 is 22.6 Å². The predicted octanol–water partition coefficient (Wildman–Crippen LogP) is 5.97. The molecule has 0 bridgehead atoms. The Kier molecular flexibility index (Phi) is 6.51. The summed E-state index contributed by atoms with van der Waals surface area (Å²) in [4.78, 5) is 4.63. The lowest BCUT2D eigenvalue weighted by molar-refractivity contribution is 0.601. The number of aliphatic imine (C=N–C) groups is 1. The van der Waals surface area contributed by atoms with E-state index in [-0.39, 0.29) is 4.90 Å². The molecule has 0 heterocycles. The van der Waals surface area contributed by atoms with Crippen LogP contribution in [0.5, 0.6) is 0 Å². The molecule has 0 amide bonds. The van der Waals surface area contributed by atoms with Crippen molar-refractivity contribution in [3.05, 3.63) is 87.5 Å². The Hall–Kier alpha value is -2.19. The monoisotopic (exact) mass is 504 g/mol. The number of anilines is 1. The first kappa shape index (κ1) is 20.5. The fraction of sp³-hybridized carbons (Fsp3) is 0.136. The molecule has 28 heavy (non-hydrogen) atoms. The van der Waals surface area contributed by atoms with Gasteiger partial charge in [0.2, 0.25) is 0 Å². The molecule has 0 fully saturated rings. The summed E-state index contributed by atoms with van der Waals surface area (Å²) >= 11 is 2.17. The van der Waals surface area contributed by atoms with Gasteiger partial charge in [-0.3, -0.25) is 9.71 Å². The zero-order chi connectivity index (χ0) is 20.1. The first-order valence-corrected chi connectivity index (χ1v) is 11.4. The smallest absolute Gasteiger partial charge is 0.261 e. The Morgan fingerprint density at radius 1 is 0.893 bits per heavy atom. The van der Waals surface area contributed by atoms with Gasteiger partial charge >= 0.3 is 0 Å². The second-order valence-corrected chi connectivity index (χ2v) is 9.61. The number of sulfonamides is 1. The van der Waals surface area contributed by atoms with Crippen molar-refractivity contribution < 1.29 is 8.42 Å². The quantitative estimate of drug-likeness (QED) is 0.333. The molecule has 3 rings (SSSR count). The summed E-state index contributed by atoms with van der Waals surface area (Å²) in [5, 5.41) is 0. The van der Waals surface area contributed by atoms with Crippen molar-refractivity contribution in [1.29, 1.82) is 0 Å². The van der Waals surface area contributed by atoms with Gasteiger partial charge in [-0.1, -0.05) is 38.1 Å². The highest BCUT2D eigenvalue weighted by atomic mass is 127. The lowest BCUT2D eigenvalue weighted by atomic mass is 10.0. The maximum atomic E-state index is 12.5. The van der Waals surface area contributed by atoms with Crippen LogP contribution in [0.3, 0.4) is 0 Å². The molecule has 0 spiro atoms. The van der Waals surface area contributed by atoms with E-state index >= 15 is 0 Å². The minimum atomic E-state index is -3.63. The molecule has 4 nitrogen and oxygen atoms in total. The molecular formula is C22H21IN2O2S. The van der Waals surface area contributed by atoms with Crippen LogP contribution in [0.2, 0.25) is 0 Å². The summed E-state index contributed by atoms with van der Waals surface area (Å²) < 4.78 is 28.7. The Balaban J connectivity index is 1.70. The van der Waals surface area contributed by atoms with E-state index in [4.69, 9.17) is 0 Å². The van der Waals surface area contributed by atoms with Crippen molar-refractivity contribution in [2.24, 2.45) is 4.99 Å². The van der Waals surface area contributed by atoms with Gasteiger partial charge in [0.25, 0.3) is 10.0 Å². The van der Waals surface area contributed by atoms with Gasteiger partial charge in [-0.15, -0.1) is 0 Å².